The number of anilines is 1. The molecule has 0 heterocycles. The van der Waals surface area contributed by atoms with Crippen LogP contribution in [-0.4, -0.2) is 12.0 Å². The molecule has 0 aliphatic heterocycles. The second kappa shape index (κ2) is 6.93. The zero-order valence-electron chi connectivity index (χ0n) is 12.7. The number of ether oxygens (including phenoxy) is 1. The lowest BCUT2D eigenvalue weighted by Gasteiger charge is -2.19. The van der Waals surface area contributed by atoms with E-state index >= 15 is 0 Å². The minimum absolute atomic E-state index is 0.122. The third-order valence-electron chi connectivity index (χ3n) is 3.30. The minimum atomic E-state index is -0.494. The van der Waals surface area contributed by atoms with Crippen LogP contribution in [-0.2, 0) is 4.79 Å². The Morgan fingerprint density at radius 1 is 1.14 bits per heavy atom. The third-order valence-corrected chi connectivity index (χ3v) is 3.30. The highest BCUT2D eigenvalue weighted by Crippen LogP contribution is 2.21. The van der Waals surface area contributed by atoms with Crippen molar-refractivity contribution in [2.75, 3.05) is 5.32 Å². The molecule has 0 aliphatic carbocycles. The van der Waals surface area contributed by atoms with Crippen LogP contribution in [0.4, 0.5) is 5.69 Å². The van der Waals surface area contributed by atoms with E-state index in [4.69, 9.17) is 4.74 Å². The van der Waals surface area contributed by atoms with Gasteiger partial charge < -0.3 is 10.1 Å². The number of amides is 1. The first-order valence-electron chi connectivity index (χ1n) is 7.20. The van der Waals surface area contributed by atoms with E-state index in [0.29, 0.717) is 6.42 Å². The van der Waals surface area contributed by atoms with Gasteiger partial charge in [0.1, 0.15) is 5.75 Å². The number of carbonyl (C=O) groups is 1. The zero-order valence-corrected chi connectivity index (χ0v) is 12.7. The van der Waals surface area contributed by atoms with Gasteiger partial charge in [0.05, 0.1) is 0 Å². The summed E-state index contributed by atoms with van der Waals surface area (Å²) < 4.78 is 5.87. The van der Waals surface area contributed by atoms with Crippen LogP contribution >= 0.6 is 0 Å². The van der Waals surface area contributed by atoms with Gasteiger partial charge in [0, 0.05) is 5.69 Å². The molecule has 0 saturated heterocycles. The van der Waals surface area contributed by atoms with Crippen molar-refractivity contribution in [2.24, 2.45) is 0 Å². The first-order chi connectivity index (χ1) is 10.1. The molecule has 1 atom stereocenters. The van der Waals surface area contributed by atoms with Crippen molar-refractivity contribution < 1.29 is 9.53 Å². The standard InChI is InChI=1S/C18H21NO2/c1-4-16(18(20)19-15-8-6-5-7-9-15)21-17-11-10-13(2)12-14(17)3/h5-12,16H,4H2,1-3H3,(H,19,20)/t16-/m1/s1. The van der Waals surface area contributed by atoms with Gasteiger partial charge in [0.2, 0.25) is 0 Å². The summed E-state index contributed by atoms with van der Waals surface area (Å²) in [5.41, 5.74) is 3.01. The van der Waals surface area contributed by atoms with Crippen LogP contribution in [0.5, 0.6) is 5.75 Å². The smallest absolute Gasteiger partial charge is 0.265 e. The molecule has 2 aromatic rings. The van der Waals surface area contributed by atoms with Crippen LogP contribution in [0.1, 0.15) is 24.5 Å². The van der Waals surface area contributed by atoms with Crippen molar-refractivity contribution >= 4 is 11.6 Å². The molecule has 0 saturated carbocycles. The fourth-order valence-corrected chi connectivity index (χ4v) is 2.15. The van der Waals surface area contributed by atoms with E-state index in [1.807, 2.05) is 63.2 Å². The van der Waals surface area contributed by atoms with Gasteiger partial charge in [-0.25, -0.2) is 0 Å². The largest absolute Gasteiger partial charge is 0.480 e. The molecule has 0 aliphatic rings. The van der Waals surface area contributed by atoms with Crippen LogP contribution in [0.25, 0.3) is 0 Å². The molecule has 21 heavy (non-hydrogen) atoms. The monoisotopic (exact) mass is 283 g/mol. The molecule has 1 N–H and O–H groups in total. The molecule has 0 fully saturated rings. The van der Waals surface area contributed by atoms with E-state index in [1.165, 1.54) is 5.56 Å². The van der Waals surface area contributed by atoms with Gasteiger partial charge in [0.15, 0.2) is 6.10 Å². The highest BCUT2D eigenvalue weighted by atomic mass is 16.5. The molecule has 0 bridgehead atoms. The fourth-order valence-electron chi connectivity index (χ4n) is 2.15. The summed E-state index contributed by atoms with van der Waals surface area (Å²) in [4.78, 5) is 12.3. The predicted molar refractivity (Wildman–Crippen MR) is 85.7 cm³/mol. The Morgan fingerprint density at radius 3 is 2.48 bits per heavy atom. The quantitative estimate of drug-likeness (QED) is 0.897. The van der Waals surface area contributed by atoms with E-state index in [2.05, 4.69) is 11.4 Å². The highest BCUT2D eigenvalue weighted by Gasteiger charge is 2.19. The summed E-state index contributed by atoms with van der Waals surface area (Å²) in [5.74, 6) is 0.638. The second-order valence-electron chi connectivity index (χ2n) is 5.14. The lowest BCUT2D eigenvalue weighted by atomic mass is 10.1. The molecule has 110 valence electrons. The zero-order chi connectivity index (χ0) is 15.2. The number of para-hydroxylation sites is 1. The Morgan fingerprint density at radius 2 is 1.86 bits per heavy atom. The maximum Gasteiger partial charge on any atom is 0.265 e. The van der Waals surface area contributed by atoms with Crippen LogP contribution in [0, 0.1) is 13.8 Å². The van der Waals surface area contributed by atoms with E-state index < -0.39 is 6.10 Å². The molecule has 2 rings (SSSR count). The molecule has 0 aromatic heterocycles. The van der Waals surface area contributed by atoms with Gasteiger partial charge in [-0.15, -0.1) is 0 Å². The number of aryl methyl sites for hydroxylation is 2. The number of nitrogens with one attached hydrogen (secondary N) is 1. The lowest BCUT2D eigenvalue weighted by molar-refractivity contribution is -0.122. The number of rotatable bonds is 5. The SMILES string of the molecule is CC[C@@H](Oc1ccc(C)cc1C)C(=O)Nc1ccccc1. The Balaban J connectivity index is 2.07. The van der Waals surface area contributed by atoms with E-state index in [-0.39, 0.29) is 5.91 Å². The van der Waals surface area contributed by atoms with Gasteiger partial charge in [0.25, 0.3) is 5.91 Å². The Bertz CT molecular complexity index is 608. The molecule has 2 aromatic carbocycles. The van der Waals surface area contributed by atoms with E-state index in [1.54, 1.807) is 0 Å². The lowest BCUT2D eigenvalue weighted by Crippen LogP contribution is -2.32. The van der Waals surface area contributed by atoms with Gasteiger partial charge in [-0.2, -0.15) is 0 Å². The first kappa shape index (κ1) is 15.1. The molecular weight excluding hydrogens is 262 g/mol. The van der Waals surface area contributed by atoms with Crippen molar-refractivity contribution in [2.45, 2.75) is 33.3 Å². The van der Waals surface area contributed by atoms with Crippen LogP contribution in [0.15, 0.2) is 48.5 Å². The summed E-state index contributed by atoms with van der Waals surface area (Å²) in [5, 5.41) is 2.88. The summed E-state index contributed by atoms with van der Waals surface area (Å²) in [6, 6.07) is 15.4. The van der Waals surface area contributed by atoms with Crippen molar-refractivity contribution in [3.05, 3.63) is 59.7 Å². The molecule has 3 nitrogen and oxygen atoms in total. The molecule has 0 spiro atoms. The third kappa shape index (κ3) is 4.09. The number of benzene rings is 2. The normalized spacial score (nSPS) is 11.8. The Kier molecular flexibility index (Phi) is 4.99. The topological polar surface area (TPSA) is 38.3 Å². The number of hydrogen-bond acceptors (Lipinski definition) is 2. The molecular formula is C18H21NO2. The highest BCUT2D eigenvalue weighted by molar-refractivity contribution is 5.94. The fraction of sp³-hybridized carbons (Fsp3) is 0.278. The number of hydrogen-bond donors (Lipinski definition) is 1. The van der Waals surface area contributed by atoms with Crippen LogP contribution < -0.4 is 10.1 Å². The Labute approximate surface area is 126 Å². The molecule has 1 amide bonds. The predicted octanol–water partition coefficient (Wildman–Crippen LogP) is 4.10. The minimum Gasteiger partial charge on any atom is -0.480 e. The molecule has 0 unspecified atom stereocenters. The van der Waals surface area contributed by atoms with Gasteiger partial charge in [-0.3, -0.25) is 4.79 Å². The van der Waals surface area contributed by atoms with Gasteiger partial charge in [-0.05, 0) is 44.0 Å². The van der Waals surface area contributed by atoms with Crippen LogP contribution in [0.2, 0.25) is 0 Å². The van der Waals surface area contributed by atoms with Crippen molar-refractivity contribution in [3.8, 4) is 5.75 Å². The maximum absolute atomic E-state index is 12.3. The van der Waals surface area contributed by atoms with E-state index in [0.717, 1.165) is 17.0 Å². The van der Waals surface area contributed by atoms with Crippen molar-refractivity contribution in [1.29, 1.82) is 0 Å². The van der Waals surface area contributed by atoms with E-state index in [9.17, 15) is 4.79 Å². The molecule has 3 heteroatoms. The first-order valence-corrected chi connectivity index (χ1v) is 7.20. The maximum atomic E-state index is 12.3. The average Bonchev–Trinajstić information content (AvgIpc) is 2.47. The van der Waals surface area contributed by atoms with Gasteiger partial charge in [-0.1, -0.05) is 42.8 Å². The van der Waals surface area contributed by atoms with Gasteiger partial charge >= 0.3 is 0 Å². The summed E-state index contributed by atoms with van der Waals surface area (Å²) >= 11 is 0. The summed E-state index contributed by atoms with van der Waals surface area (Å²) in [6.45, 7) is 5.97. The van der Waals surface area contributed by atoms with Crippen molar-refractivity contribution in [1.82, 2.24) is 0 Å². The second-order valence-corrected chi connectivity index (χ2v) is 5.14. The molecule has 0 radical (unpaired) electrons. The Hall–Kier alpha value is -2.29. The average molecular weight is 283 g/mol. The van der Waals surface area contributed by atoms with Crippen molar-refractivity contribution in [3.63, 3.8) is 0 Å². The summed E-state index contributed by atoms with van der Waals surface area (Å²) in [6.07, 6.45) is 0.123. The summed E-state index contributed by atoms with van der Waals surface area (Å²) in [7, 11) is 0. The van der Waals surface area contributed by atoms with Crippen LogP contribution in [0.3, 0.4) is 0 Å². The number of carbonyl (C=O) groups excluding carboxylic acids is 1.